The molecule has 0 N–H and O–H groups in total. The minimum absolute atomic E-state index is 0.150. The number of allylic oxidation sites excluding steroid dienone is 9. The van der Waals surface area contributed by atoms with Gasteiger partial charge in [-0.15, -0.1) is 0 Å². The molecule has 0 heterocycles. The van der Waals surface area contributed by atoms with Gasteiger partial charge in [0.1, 0.15) is 0 Å². The molecule has 0 aromatic heterocycles. The van der Waals surface area contributed by atoms with Crippen molar-refractivity contribution in [3.63, 3.8) is 0 Å². The van der Waals surface area contributed by atoms with Crippen LogP contribution < -0.4 is 0 Å². The van der Waals surface area contributed by atoms with E-state index < -0.39 is 0 Å². The monoisotopic (exact) mass is 269 g/mol. The van der Waals surface area contributed by atoms with Crippen LogP contribution in [0.15, 0.2) is 64.9 Å². The first-order valence-electron chi connectivity index (χ1n) is 6.85. The predicted octanol–water partition coefficient (Wildman–Crippen LogP) is 3.67. The number of ether oxygens (including phenoxy) is 1. The maximum atomic E-state index is 12.2. The Bertz CT molecular complexity index is 558. The van der Waals surface area contributed by atoms with E-state index in [1.165, 1.54) is 0 Å². The molecular formula is C17H19NO2. The molecular weight excluding hydrogens is 250 g/mol. The Labute approximate surface area is 119 Å². The maximum Gasteiger partial charge on any atom is 0.357 e. The first-order valence-corrected chi connectivity index (χ1v) is 6.85. The first-order chi connectivity index (χ1) is 9.66. The van der Waals surface area contributed by atoms with Crippen LogP contribution in [0.2, 0.25) is 0 Å². The summed E-state index contributed by atoms with van der Waals surface area (Å²) in [7, 11) is 0. The van der Waals surface area contributed by atoms with Gasteiger partial charge in [-0.05, 0) is 31.9 Å². The fourth-order valence-electron chi connectivity index (χ4n) is 1.94. The first kappa shape index (κ1) is 14.3. The van der Waals surface area contributed by atoms with Gasteiger partial charge in [-0.1, -0.05) is 42.5 Å². The molecule has 0 aromatic carbocycles. The molecule has 0 unspecified atom stereocenters. The molecule has 2 aliphatic rings. The second-order valence-electron chi connectivity index (χ2n) is 4.91. The van der Waals surface area contributed by atoms with E-state index in [0.717, 1.165) is 17.7 Å². The third kappa shape index (κ3) is 3.92. The molecule has 2 rings (SSSR count). The zero-order valence-electron chi connectivity index (χ0n) is 11.9. The lowest BCUT2D eigenvalue weighted by Crippen LogP contribution is -2.15. The molecule has 20 heavy (non-hydrogen) atoms. The number of carbonyl (C=O) groups excluding carboxylic acids is 1. The highest BCUT2D eigenvalue weighted by atomic mass is 16.5. The highest BCUT2D eigenvalue weighted by Crippen LogP contribution is 2.19. The number of nitrogens with zero attached hydrogens (tertiary/aromatic N) is 1. The van der Waals surface area contributed by atoms with Crippen LogP contribution >= 0.6 is 0 Å². The van der Waals surface area contributed by atoms with Gasteiger partial charge in [-0.2, -0.15) is 0 Å². The largest absolute Gasteiger partial charge is 0.458 e. The average Bonchev–Trinajstić information content (AvgIpc) is 2.46. The molecule has 104 valence electrons. The lowest BCUT2D eigenvalue weighted by molar-refractivity contribution is -0.142. The van der Waals surface area contributed by atoms with Gasteiger partial charge in [0, 0.05) is 12.1 Å². The van der Waals surface area contributed by atoms with Gasteiger partial charge in [-0.25, -0.2) is 9.79 Å². The molecule has 0 aromatic rings. The Morgan fingerprint density at radius 1 is 1.10 bits per heavy atom. The number of rotatable bonds is 3. The second kappa shape index (κ2) is 6.85. The molecule has 2 aliphatic carbocycles. The quantitative estimate of drug-likeness (QED) is 0.579. The summed E-state index contributed by atoms with van der Waals surface area (Å²) in [6, 6.07) is 0. The van der Waals surface area contributed by atoms with Crippen LogP contribution in [0.5, 0.6) is 0 Å². The Morgan fingerprint density at radius 3 is 2.35 bits per heavy atom. The summed E-state index contributed by atoms with van der Waals surface area (Å²) in [6.45, 7) is 3.68. The molecule has 0 bridgehead atoms. The van der Waals surface area contributed by atoms with Crippen molar-refractivity contribution in [3.05, 3.63) is 59.9 Å². The second-order valence-corrected chi connectivity index (χ2v) is 4.91. The molecule has 3 heteroatoms. The molecule has 0 spiro atoms. The van der Waals surface area contributed by atoms with E-state index in [2.05, 4.69) is 4.99 Å². The van der Waals surface area contributed by atoms with Gasteiger partial charge < -0.3 is 4.74 Å². The van der Waals surface area contributed by atoms with Crippen LogP contribution in [0.25, 0.3) is 0 Å². The van der Waals surface area contributed by atoms with Gasteiger partial charge in [0.15, 0.2) is 5.70 Å². The number of carbonyl (C=O) groups is 1. The Hall–Kier alpha value is -2.16. The van der Waals surface area contributed by atoms with Gasteiger partial charge in [0.2, 0.25) is 0 Å². The van der Waals surface area contributed by atoms with Crippen molar-refractivity contribution >= 4 is 11.7 Å². The van der Waals surface area contributed by atoms with Gasteiger partial charge in [0.25, 0.3) is 0 Å². The van der Waals surface area contributed by atoms with Crippen molar-refractivity contribution in [1.82, 2.24) is 0 Å². The van der Waals surface area contributed by atoms with E-state index in [4.69, 9.17) is 4.74 Å². The molecule has 0 saturated carbocycles. The fraction of sp³-hybridized carbons (Fsp3) is 0.294. The lowest BCUT2D eigenvalue weighted by atomic mass is 10.0. The molecule has 0 saturated heterocycles. The van der Waals surface area contributed by atoms with Crippen molar-refractivity contribution in [2.75, 3.05) is 0 Å². The van der Waals surface area contributed by atoms with Crippen LogP contribution in [0.4, 0.5) is 0 Å². The summed E-state index contributed by atoms with van der Waals surface area (Å²) in [5.41, 5.74) is 2.18. The SMILES string of the molecule is CC(C)OC(=O)C(N=C1C=CC=CC1)=C1C=CC=CC1. The Kier molecular flexibility index (Phi) is 4.88. The van der Waals surface area contributed by atoms with Crippen molar-refractivity contribution in [2.45, 2.75) is 32.8 Å². The van der Waals surface area contributed by atoms with Crippen molar-refractivity contribution in [1.29, 1.82) is 0 Å². The molecule has 0 aliphatic heterocycles. The third-order valence-corrected chi connectivity index (χ3v) is 2.84. The molecule has 0 atom stereocenters. The smallest absolute Gasteiger partial charge is 0.357 e. The van der Waals surface area contributed by atoms with Crippen LogP contribution in [0, 0.1) is 0 Å². The average molecular weight is 269 g/mol. The zero-order valence-corrected chi connectivity index (χ0v) is 11.9. The number of hydrogen-bond acceptors (Lipinski definition) is 3. The third-order valence-electron chi connectivity index (χ3n) is 2.84. The van der Waals surface area contributed by atoms with E-state index >= 15 is 0 Å². The van der Waals surface area contributed by atoms with Crippen LogP contribution in [0.3, 0.4) is 0 Å². The predicted molar refractivity (Wildman–Crippen MR) is 81.5 cm³/mol. The lowest BCUT2D eigenvalue weighted by Gasteiger charge is -2.13. The van der Waals surface area contributed by atoms with Crippen molar-refractivity contribution < 1.29 is 9.53 Å². The van der Waals surface area contributed by atoms with Crippen LogP contribution in [0.1, 0.15) is 26.7 Å². The van der Waals surface area contributed by atoms with E-state index in [9.17, 15) is 4.79 Å². The molecule has 0 radical (unpaired) electrons. The van der Waals surface area contributed by atoms with Crippen molar-refractivity contribution in [2.24, 2.45) is 4.99 Å². The number of hydrogen-bond donors (Lipinski definition) is 0. The van der Waals surface area contributed by atoms with E-state index in [-0.39, 0.29) is 12.1 Å². The van der Waals surface area contributed by atoms with Gasteiger partial charge >= 0.3 is 5.97 Å². The standard InChI is InChI=1S/C17H19NO2/c1-13(2)20-17(19)16(14-9-5-3-6-10-14)18-15-11-7-4-8-12-15/h3-9,11,13H,10,12H2,1-2H3. The van der Waals surface area contributed by atoms with E-state index in [0.29, 0.717) is 12.1 Å². The van der Waals surface area contributed by atoms with E-state index in [1.54, 1.807) is 0 Å². The van der Waals surface area contributed by atoms with E-state index in [1.807, 2.05) is 62.5 Å². The fourth-order valence-corrected chi connectivity index (χ4v) is 1.94. The highest BCUT2D eigenvalue weighted by molar-refractivity contribution is 6.01. The van der Waals surface area contributed by atoms with Gasteiger partial charge in [0.05, 0.1) is 6.10 Å². The molecule has 0 amide bonds. The number of esters is 1. The molecule has 0 fully saturated rings. The summed E-state index contributed by atoms with van der Waals surface area (Å²) in [6.07, 6.45) is 16.9. The zero-order chi connectivity index (χ0) is 14.4. The minimum atomic E-state index is -0.356. The Morgan fingerprint density at radius 2 is 1.80 bits per heavy atom. The number of aliphatic imine (C=N–C) groups is 1. The highest BCUT2D eigenvalue weighted by Gasteiger charge is 2.17. The maximum absolute atomic E-state index is 12.2. The van der Waals surface area contributed by atoms with Crippen LogP contribution in [-0.2, 0) is 9.53 Å². The van der Waals surface area contributed by atoms with Crippen molar-refractivity contribution in [3.8, 4) is 0 Å². The summed E-state index contributed by atoms with van der Waals surface area (Å²) in [5, 5.41) is 0. The summed E-state index contributed by atoms with van der Waals surface area (Å²) in [5.74, 6) is -0.356. The normalized spacial score (nSPS) is 21.6. The van der Waals surface area contributed by atoms with Gasteiger partial charge in [-0.3, -0.25) is 0 Å². The molecule has 3 nitrogen and oxygen atoms in total. The summed E-state index contributed by atoms with van der Waals surface area (Å²) in [4.78, 5) is 16.8. The summed E-state index contributed by atoms with van der Waals surface area (Å²) < 4.78 is 5.30. The topological polar surface area (TPSA) is 38.7 Å². The summed E-state index contributed by atoms with van der Waals surface area (Å²) >= 11 is 0. The van der Waals surface area contributed by atoms with Crippen LogP contribution in [-0.4, -0.2) is 17.8 Å². The minimum Gasteiger partial charge on any atom is -0.458 e. The Balaban J connectivity index is 2.32.